The number of carbonyl (C=O) groups excluding carboxylic acids is 1. The van der Waals surface area contributed by atoms with Crippen molar-refractivity contribution in [2.75, 3.05) is 42.9 Å². The number of nitrogens with zero attached hydrogens (tertiary/aromatic N) is 3. The molecule has 0 bridgehead atoms. The smallest absolute Gasteiger partial charge is 0.274 e. The van der Waals surface area contributed by atoms with Crippen LogP contribution in [0.15, 0.2) is 36.4 Å². The van der Waals surface area contributed by atoms with E-state index in [-0.39, 0.29) is 5.91 Å². The van der Waals surface area contributed by atoms with Crippen molar-refractivity contribution in [3.8, 4) is 0 Å². The minimum Gasteiger partial charge on any atom is -0.367 e. The van der Waals surface area contributed by atoms with Crippen LogP contribution in [0.2, 0.25) is 5.02 Å². The Hall–Kier alpha value is -2.11. The predicted molar refractivity (Wildman–Crippen MR) is 103 cm³/mol. The lowest BCUT2D eigenvalue weighted by molar-refractivity contribution is 0.102. The second-order valence-electron chi connectivity index (χ2n) is 6.20. The van der Waals surface area contributed by atoms with Crippen LogP contribution in [0.3, 0.4) is 0 Å². The molecule has 1 N–H and O–H groups in total. The average molecular weight is 359 g/mol. The van der Waals surface area contributed by atoms with Crippen molar-refractivity contribution in [2.45, 2.75) is 13.8 Å². The van der Waals surface area contributed by atoms with Crippen LogP contribution in [-0.4, -0.2) is 48.5 Å². The number of aromatic nitrogens is 1. The van der Waals surface area contributed by atoms with Gasteiger partial charge in [0.1, 0.15) is 5.69 Å². The lowest BCUT2D eigenvalue weighted by atomic mass is 10.2. The number of halogens is 1. The van der Waals surface area contributed by atoms with Crippen LogP contribution in [0.25, 0.3) is 0 Å². The van der Waals surface area contributed by atoms with E-state index in [2.05, 4.69) is 27.0 Å². The molecule has 0 spiro atoms. The maximum absolute atomic E-state index is 12.6. The topological polar surface area (TPSA) is 48.5 Å². The minimum atomic E-state index is -0.223. The van der Waals surface area contributed by atoms with Crippen molar-refractivity contribution in [3.63, 3.8) is 0 Å². The monoisotopic (exact) mass is 358 g/mol. The van der Waals surface area contributed by atoms with E-state index < -0.39 is 0 Å². The van der Waals surface area contributed by atoms with Gasteiger partial charge in [-0.15, -0.1) is 0 Å². The molecule has 0 unspecified atom stereocenters. The van der Waals surface area contributed by atoms with Crippen LogP contribution in [0.1, 0.15) is 23.1 Å². The molecule has 0 aliphatic carbocycles. The fraction of sp³-hybridized carbons (Fsp3) is 0.368. The van der Waals surface area contributed by atoms with Gasteiger partial charge in [0.15, 0.2) is 0 Å². The highest BCUT2D eigenvalue weighted by atomic mass is 35.5. The number of nitrogens with one attached hydrogen (secondary N) is 1. The number of piperazine rings is 1. The third-order valence-corrected chi connectivity index (χ3v) is 4.72. The predicted octanol–water partition coefficient (Wildman–Crippen LogP) is 3.44. The Morgan fingerprint density at radius 3 is 2.64 bits per heavy atom. The molecule has 1 amide bonds. The van der Waals surface area contributed by atoms with Crippen molar-refractivity contribution in [3.05, 3.63) is 52.8 Å². The van der Waals surface area contributed by atoms with Crippen LogP contribution in [0.5, 0.6) is 0 Å². The molecule has 1 aliphatic heterocycles. The molecule has 132 valence electrons. The largest absolute Gasteiger partial charge is 0.367 e. The van der Waals surface area contributed by atoms with E-state index in [9.17, 15) is 4.79 Å². The van der Waals surface area contributed by atoms with E-state index >= 15 is 0 Å². The molecule has 1 fully saturated rings. The summed E-state index contributed by atoms with van der Waals surface area (Å²) >= 11 is 6.16. The molecule has 0 saturated carbocycles. The van der Waals surface area contributed by atoms with Crippen LogP contribution in [0, 0.1) is 6.92 Å². The van der Waals surface area contributed by atoms with E-state index in [1.54, 1.807) is 12.1 Å². The van der Waals surface area contributed by atoms with Crippen LogP contribution >= 0.6 is 11.6 Å². The Morgan fingerprint density at radius 1 is 1.20 bits per heavy atom. The van der Waals surface area contributed by atoms with Crippen LogP contribution in [0.4, 0.5) is 11.4 Å². The summed E-state index contributed by atoms with van der Waals surface area (Å²) in [4.78, 5) is 21.6. The number of aryl methyl sites for hydroxylation is 1. The lowest BCUT2D eigenvalue weighted by Crippen LogP contribution is -2.46. The number of amides is 1. The normalized spacial score (nSPS) is 15.2. The Kier molecular flexibility index (Phi) is 5.56. The van der Waals surface area contributed by atoms with E-state index in [0.29, 0.717) is 10.7 Å². The van der Waals surface area contributed by atoms with Gasteiger partial charge in [-0.25, -0.2) is 4.98 Å². The van der Waals surface area contributed by atoms with Gasteiger partial charge < -0.3 is 15.1 Å². The average Bonchev–Trinajstić information content (AvgIpc) is 2.62. The molecular formula is C19H23ClN4O. The summed E-state index contributed by atoms with van der Waals surface area (Å²) in [5.74, 6) is -0.223. The Bertz CT molecular complexity index is 757. The van der Waals surface area contributed by atoms with E-state index in [1.807, 2.05) is 31.2 Å². The molecule has 3 rings (SSSR count). The third kappa shape index (κ3) is 4.30. The number of anilines is 2. The summed E-state index contributed by atoms with van der Waals surface area (Å²) in [5.41, 5.74) is 2.95. The molecule has 1 saturated heterocycles. The Balaban J connectivity index is 1.81. The summed E-state index contributed by atoms with van der Waals surface area (Å²) in [6.07, 6.45) is 0. The molecule has 1 aliphatic rings. The van der Waals surface area contributed by atoms with Gasteiger partial charge in [0.25, 0.3) is 5.91 Å². The fourth-order valence-electron chi connectivity index (χ4n) is 3.04. The van der Waals surface area contributed by atoms with Crippen molar-refractivity contribution >= 4 is 28.9 Å². The highest BCUT2D eigenvalue weighted by molar-refractivity contribution is 6.31. The van der Waals surface area contributed by atoms with Gasteiger partial charge in [0.2, 0.25) is 0 Å². The number of pyridine rings is 1. The summed E-state index contributed by atoms with van der Waals surface area (Å²) in [6, 6.07) is 11.1. The third-order valence-electron chi connectivity index (χ3n) is 4.49. The van der Waals surface area contributed by atoms with Crippen molar-refractivity contribution in [2.24, 2.45) is 0 Å². The second-order valence-corrected chi connectivity index (χ2v) is 6.64. The van der Waals surface area contributed by atoms with E-state index in [0.717, 1.165) is 49.8 Å². The number of likely N-dealkylation sites (N-methyl/N-ethyl adjacent to an activating group) is 1. The molecule has 6 heteroatoms. The van der Waals surface area contributed by atoms with Crippen LogP contribution < -0.4 is 10.2 Å². The van der Waals surface area contributed by atoms with Gasteiger partial charge in [-0.2, -0.15) is 0 Å². The summed E-state index contributed by atoms with van der Waals surface area (Å²) in [6.45, 7) is 9.02. The first-order valence-corrected chi connectivity index (χ1v) is 8.96. The minimum absolute atomic E-state index is 0.223. The van der Waals surface area contributed by atoms with E-state index in [1.165, 1.54) is 0 Å². The molecule has 1 aromatic heterocycles. The van der Waals surface area contributed by atoms with Gasteiger partial charge in [0, 0.05) is 36.9 Å². The van der Waals surface area contributed by atoms with Crippen molar-refractivity contribution < 1.29 is 4.79 Å². The number of carbonyl (C=O) groups is 1. The molecular weight excluding hydrogens is 336 g/mol. The lowest BCUT2D eigenvalue weighted by Gasteiger charge is -2.36. The molecule has 0 radical (unpaired) electrons. The number of rotatable bonds is 4. The Labute approximate surface area is 153 Å². The van der Waals surface area contributed by atoms with Gasteiger partial charge in [-0.3, -0.25) is 4.79 Å². The highest BCUT2D eigenvalue weighted by Gasteiger charge is 2.20. The van der Waals surface area contributed by atoms with E-state index in [4.69, 9.17) is 11.6 Å². The maximum atomic E-state index is 12.6. The zero-order valence-corrected chi connectivity index (χ0v) is 15.4. The van der Waals surface area contributed by atoms with Gasteiger partial charge in [0.05, 0.1) is 11.4 Å². The standard InChI is InChI=1S/C19H23ClN4O/c1-3-23-9-11-24(12-10-23)18-8-7-15(20)13-17(18)22-19(25)16-6-4-5-14(2)21-16/h4-8,13H,3,9-12H2,1-2H3,(H,22,25). The molecule has 2 aromatic rings. The quantitative estimate of drug-likeness (QED) is 0.909. The molecule has 2 heterocycles. The van der Waals surface area contributed by atoms with Crippen LogP contribution in [-0.2, 0) is 0 Å². The zero-order chi connectivity index (χ0) is 17.8. The molecule has 0 atom stereocenters. The first kappa shape index (κ1) is 17.7. The number of benzene rings is 1. The van der Waals surface area contributed by atoms with Gasteiger partial charge >= 0.3 is 0 Å². The summed E-state index contributed by atoms with van der Waals surface area (Å²) < 4.78 is 0. The van der Waals surface area contributed by atoms with Gasteiger partial charge in [-0.05, 0) is 43.8 Å². The zero-order valence-electron chi connectivity index (χ0n) is 14.6. The van der Waals surface area contributed by atoms with Crippen molar-refractivity contribution in [1.29, 1.82) is 0 Å². The molecule has 25 heavy (non-hydrogen) atoms. The fourth-order valence-corrected chi connectivity index (χ4v) is 3.22. The number of hydrogen-bond acceptors (Lipinski definition) is 4. The maximum Gasteiger partial charge on any atom is 0.274 e. The van der Waals surface area contributed by atoms with Crippen molar-refractivity contribution in [1.82, 2.24) is 9.88 Å². The highest BCUT2D eigenvalue weighted by Crippen LogP contribution is 2.30. The first-order valence-electron chi connectivity index (χ1n) is 8.58. The molecule has 1 aromatic carbocycles. The second kappa shape index (κ2) is 7.85. The SMILES string of the molecule is CCN1CCN(c2ccc(Cl)cc2NC(=O)c2cccc(C)n2)CC1. The summed E-state index contributed by atoms with van der Waals surface area (Å²) in [7, 11) is 0. The summed E-state index contributed by atoms with van der Waals surface area (Å²) in [5, 5.41) is 3.58. The van der Waals surface area contributed by atoms with Gasteiger partial charge in [-0.1, -0.05) is 24.6 Å². The Morgan fingerprint density at radius 2 is 1.96 bits per heavy atom. The number of hydrogen-bond donors (Lipinski definition) is 1. The first-order chi connectivity index (χ1) is 12.1. The molecule has 5 nitrogen and oxygen atoms in total.